The third-order valence-corrected chi connectivity index (χ3v) is 6.46. The number of amides is 1. The molecule has 1 atom stereocenters. The van der Waals surface area contributed by atoms with Crippen LogP contribution < -0.4 is 5.32 Å². The Hall–Kier alpha value is -3.29. The van der Waals surface area contributed by atoms with Crippen LogP contribution in [0.15, 0.2) is 42.6 Å². The minimum absolute atomic E-state index is 0.0776. The Balaban J connectivity index is 1.35. The molecule has 1 saturated heterocycles. The van der Waals surface area contributed by atoms with Crippen LogP contribution in [0, 0.1) is 0 Å². The number of rotatable bonds is 4. The molecule has 0 aliphatic carbocycles. The number of pyridine rings is 1. The summed E-state index contributed by atoms with van der Waals surface area (Å²) in [5.74, 6) is -0.0776. The summed E-state index contributed by atoms with van der Waals surface area (Å²) in [7, 11) is 0. The summed E-state index contributed by atoms with van der Waals surface area (Å²) >= 11 is 0. The second-order valence-electron chi connectivity index (χ2n) is 8.43. The van der Waals surface area contributed by atoms with E-state index in [4.69, 9.17) is 14.5 Å². The van der Waals surface area contributed by atoms with Crippen LogP contribution in [0.25, 0.3) is 33.1 Å². The average molecular weight is 428 g/mol. The van der Waals surface area contributed by atoms with E-state index in [-0.39, 0.29) is 12.0 Å². The molecule has 1 amide bonds. The quantitative estimate of drug-likeness (QED) is 0.517. The molecule has 2 aromatic carbocycles. The average Bonchev–Trinajstić information content (AvgIpc) is 3.54. The molecule has 7 nitrogen and oxygen atoms in total. The summed E-state index contributed by atoms with van der Waals surface area (Å²) in [5, 5.41) is 12.5. The highest BCUT2D eigenvalue weighted by Gasteiger charge is 2.22. The normalized spacial score (nSPS) is 18.2. The van der Waals surface area contributed by atoms with Crippen molar-refractivity contribution in [2.45, 2.75) is 32.0 Å². The molecule has 7 heteroatoms. The molecule has 4 aromatic rings. The SMILES string of the molecule is O=C(NC[C@H]1CCCO1)c1ccc(-c2nc3ccc4[nH]ncc4c3c3c2COCC3)cc1. The predicted molar refractivity (Wildman–Crippen MR) is 121 cm³/mol. The summed E-state index contributed by atoms with van der Waals surface area (Å²) in [6.45, 7) is 2.57. The van der Waals surface area contributed by atoms with Crippen LogP contribution >= 0.6 is 0 Å². The molecule has 0 bridgehead atoms. The molecule has 162 valence electrons. The highest BCUT2D eigenvalue weighted by atomic mass is 16.5. The maximum absolute atomic E-state index is 12.5. The number of aromatic nitrogens is 3. The van der Waals surface area contributed by atoms with Gasteiger partial charge in [-0.05, 0) is 49.1 Å². The summed E-state index contributed by atoms with van der Waals surface area (Å²) in [5.41, 5.74) is 6.90. The van der Waals surface area contributed by atoms with Crippen molar-refractivity contribution in [1.29, 1.82) is 0 Å². The first kappa shape index (κ1) is 19.4. The third-order valence-electron chi connectivity index (χ3n) is 6.46. The van der Waals surface area contributed by atoms with Crippen LogP contribution in [0.4, 0.5) is 0 Å². The number of carbonyl (C=O) groups is 1. The Morgan fingerprint density at radius 2 is 2.03 bits per heavy atom. The number of H-pyrrole nitrogens is 1. The van der Waals surface area contributed by atoms with E-state index >= 15 is 0 Å². The first-order valence-electron chi connectivity index (χ1n) is 11.1. The molecule has 2 N–H and O–H groups in total. The van der Waals surface area contributed by atoms with Crippen molar-refractivity contribution in [2.24, 2.45) is 0 Å². The van der Waals surface area contributed by atoms with Gasteiger partial charge in [0.25, 0.3) is 5.91 Å². The summed E-state index contributed by atoms with van der Waals surface area (Å²) < 4.78 is 11.4. The van der Waals surface area contributed by atoms with E-state index in [9.17, 15) is 4.79 Å². The van der Waals surface area contributed by atoms with Crippen molar-refractivity contribution in [2.75, 3.05) is 19.8 Å². The zero-order valence-corrected chi connectivity index (χ0v) is 17.7. The van der Waals surface area contributed by atoms with Gasteiger partial charge in [-0.1, -0.05) is 12.1 Å². The number of hydrogen-bond donors (Lipinski definition) is 2. The Kier molecular flexibility index (Phi) is 4.85. The lowest BCUT2D eigenvalue weighted by atomic mass is 9.92. The van der Waals surface area contributed by atoms with Gasteiger partial charge in [-0.3, -0.25) is 9.89 Å². The van der Waals surface area contributed by atoms with Crippen molar-refractivity contribution in [1.82, 2.24) is 20.5 Å². The van der Waals surface area contributed by atoms with Crippen molar-refractivity contribution in [3.63, 3.8) is 0 Å². The lowest BCUT2D eigenvalue weighted by Gasteiger charge is -2.22. The second-order valence-corrected chi connectivity index (χ2v) is 8.43. The van der Waals surface area contributed by atoms with Crippen LogP contribution in [-0.4, -0.2) is 47.0 Å². The fraction of sp³-hybridized carbons (Fsp3) is 0.320. The standard InChI is InChI=1S/C25H24N4O3/c30-25(26-12-17-2-1-10-32-17)16-5-3-15(4-6-16)24-20-14-31-11-9-18(20)23-19-13-27-29-21(19)7-8-22(23)28-24/h3-8,13,17H,1-2,9-12,14H2,(H,26,30)(H,27,29)/t17-/m1/s1. The summed E-state index contributed by atoms with van der Waals surface area (Å²) in [4.78, 5) is 17.6. The Bertz CT molecular complexity index is 1310. The third kappa shape index (κ3) is 3.34. The molecule has 2 aliphatic heterocycles. The minimum Gasteiger partial charge on any atom is -0.376 e. The fourth-order valence-electron chi connectivity index (χ4n) is 4.81. The van der Waals surface area contributed by atoms with E-state index in [0.29, 0.717) is 25.3 Å². The monoisotopic (exact) mass is 428 g/mol. The molecule has 0 saturated carbocycles. The molecule has 0 unspecified atom stereocenters. The maximum atomic E-state index is 12.5. The van der Waals surface area contributed by atoms with Crippen molar-refractivity contribution in [3.8, 4) is 11.3 Å². The lowest BCUT2D eigenvalue weighted by molar-refractivity contribution is 0.0858. The number of aromatic amines is 1. The van der Waals surface area contributed by atoms with Gasteiger partial charge in [-0.15, -0.1) is 0 Å². The largest absolute Gasteiger partial charge is 0.376 e. The minimum atomic E-state index is -0.0776. The van der Waals surface area contributed by atoms with Crippen molar-refractivity contribution < 1.29 is 14.3 Å². The van der Waals surface area contributed by atoms with Gasteiger partial charge in [0.1, 0.15) is 0 Å². The summed E-state index contributed by atoms with van der Waals surface area (Å²) in [6, 6.07) is 11.7. The van der Waals surface area contributed by atoms with E-state index < -0.39 is 0 Å². The number of fused-ring (bicyclic) bond motifs is 5. The van der Waals surface area contributed by atoms with E-state index in [1.807, 2.05) is 42.6 Å². The predicted octanol–water partition coefficient (Wildman–Crippen LogP) is 3.76. The van der Waals surface area contributed by atoms with Gasteiger partial charge in [0.05, 0.1) is 42.2 Å². The van der Waals surface area contributed by atoms with Crippen molar-refractivity contribution >= 4 is 27.7 Å². The van der Waals surface area contributed by atoms with Crippen LogP contribution in [0.5, 0.6) is 0 Å². The Labute approximate surface area is 185 Å². The Morgan fingerprint density at radius 3 is 2.88 bits per heavy atom. The summed E-state index contributed by atoms with van der Waals surface area (Å²) in [6.07, 6.45) is 4.92. The van der Waals surface area contributed by atoms with Crippen LogP contribution in [-0.2, 0) is 22.5 Å². The highest BCUT2D eigenvalue weighted by molar-refractivity contribution is 6.07. The van der Waals surface area contributed by atoms with Gasteiger partial charge >= 0.3 is 0 Å². The molecule has 4 heterocycles. The van der Waals surface area contributed by atoms with Gasteiger partial charge in [-0.2, -0.15) is 5.10 Å². The number of carbonyl (C=O) groups excluding carboxylic acids is 1. The first-order valence-corrected chi connectivity index (χ1v) is 11.1. The molecule has 6 rings (SSSR count). The van der Waals surface area contributed by atoms with Crippen LogP contribution in [0.2, 0.25) is 0 Å². The van der Waals surface area contributed by atoms with Crippen LogP contribution in [0.1, 0.15) is 34.3 Å². The molecule has 2 aliphatic rings. The van der Waals surface area contributed by atoms with Gasteiger partial charge < -0.3 is 14.8 Å². The van der Waals surface area contributed by atoms with E-state index in [0.717, 1.165) is 64.5 Å². The van der Waals surface area contributed by atoms with Gasteiger partial charge in [0.15, 0.2) is 0 Å². The molecule has 32 heavy (non-hydrogen) atoms. The maximum Gasteiger partial charge on any atom is 0.251 e. The number of benzene rings is 2. The molecule has 2 aromatic heterocycles. The van der Waals surface area contributed by atoms with E-state index in [1.165, 1.54) is 5.56 Å². The zero-order chi connectivity index (χ0) is 21.5. The van der Waals surface area contributed by atoms with Crippen molar-refractivity contribution in [3.05, 3.63) is 59.3 Å². The number of nitrogens with one attached hydrogen (secondary N) is 2. The van der Waals surface area contributed by atoms with Gasteiger partial charge in [0.2, 0.25) is 0 Å². The highest BCUT2D eigenvalue weighted by Crippen LogP contribution is 2.36. The zero-order valence-electron chi connectivity index (χ0n) is 17.7. The molecular formula is C25H24N4O3. The number of ether oxygens (including phenoxy) is 2. The lowest BCUT2D eigenvalue weighted by Crippen LogP contribution is -2.31. The van der Waals surface area contributed by atoms with Gasteiger partial charge in [-0.25, -0.2) is 4.98 Å². The van der Waals surface area contributed by atoms with Crippen LogP contribution in [0.3, 0.4) is 0 Å². The Morgan fingerprint density at radius 1 is 1.12 bits per heavy atom. The molecule has 1 fully saturated rings. The fourth-order valence-corrected chi connectivity index (χ4v) is 4.81. The molecular weight excluding hydrogens is 404 g/mol. The second kappa shape index (κ2) is 8.00. The number of hydrogen-bond acceptors (Lipinski definition) is 5. The van der Waals surface area contributed by atoms with Gasteiger partial charge in [0, 0.05) is 40.6 Å². The van der Waals surface area contributed by atoms with E-state index in [2.05, 4.69) is 15.5 Å². The smallest absolute Gasteiger partial charge is 0.251 e. The molecule has 0 radical (unpaired) electrons. The number of nitrogens with zero attached hydrogens (tertiary/aromatic N) is 2. The first-order chi connectivity index (χ1) is 15.8. The molecule has 0 spiro atoms. The topological polar surface area (TPSA) is 89.1 Å². The van der Waals surface area contributed by atoms with E-state index in [1.54, 1.807) is 0 Å².